The molecule has 0 aliphatic rings. The third-order valence-electron chi connectivity index (χ3n) is 1.75. The maximum atomic E-state index is 10.2. The molecule has 1 aromatic rings. The summed E-state index contributed by atoms with van der Waals surface area (Å²) < 4.78 is 1.89. The topological polar surface area (TPSA) is 55.1 Å². The van der Waals surface area contributed by atoms with Crippen molar-refractivity contribution in [3.05, 3.63) is 17.7 Å². The maximum Gasteiger partial charge on any atom is 0.303 e. The molecular weight excluding hydrogens is 156 g/mol. The smallest absolute Gasteiger partial charge is 0.303 e. The molecule has 0 spiro atoms. The van der Waals surface area contributed by atoms with E-state index in [1.165, 1.54) is 0 Å². The number of aryl methyl sites for hydroxylation is 3. The molecule has 0 unspecified atom stereocenters. The second kappa shape index (κ2) is 3.38. The highest BCUT2D eigenvalue weighted by molar-refractivity contribution is 5.66. The lowest BCUT2D eigenvalue weighted by atomic mass is 10.2. The minimum absolute atomic E-state index is 0.149. The standard InChI is InChI=1S/C8H12N2O2/c1-6-9-7(5-10(6)2)3-4-8(11)12/h5H,3-4H2,1-2H3,(H,11,12). The van der Waals surface area contributed by atoms with Crippen LogP contribution in [-0.2, 0) is 18.3 Å². The van der Waals surface area contributed by atoms with E-state index in [1.807, 2.05) is 24.7 Å². The SMILES string of the molecule is Cc1nc(CCC(=O)O)cn1C. The van der Waals surface area contributed by atoms with Gasteiger partial charge in [-0.3, -0.25) is 4.79 Å². The summed E-state index contributed by atoms with van der Waals surface area (Å²) in [5.41, 5.74) is 0.845. The first kappa shape index (κ1) is 8.77. The van der Waals surface area contributed by atoms with E-state index in [2.05, 4.69) is 4.98 Å². The zero-order chi connectivity index (χ0) is 9.14. The van der Waals surface area contributed by atoms with Gasteiger partial charge in [0.1, 0.15) is 5.82 Å². The average Bonchev–Trinajstić information content (AvgIpc) is 2.28. The normalized spacial score (nSPS) is 10.2. The Hall–Kier alpha value is -1.32. The fourth-order valence-electron chi connectivity index (χ4n) is 0.988. The number of carboxylic acid groups (broad SMARTS) is 1. The molecule has 1 aromatic heterocycles. The summed E-state index contributed by atoms with van der Waals surface area (Å²) in [6, 6.07) is 0. The number of hydrogen-bond acceptors (Lipinski definition) is 2. The number of rotatable bonds is 3. The van der Waals surface area contributed by atoms with E-state index in [0.29, 0.717) is 6.42 Å². The van der Waals surface area contributed by atoms with Gasteiger partial charge in [-0.15, -0.1) is 0 Å². The molecule has 1 N–H and O–H groups in total. The highest BCUT2D eigenvalue weighted by Gasteiger charge is 2.03. The number of carboxylic acids is 1. The lowest BCUT2D eigenvalue weighted by Gasteiger charge is -1.89. The Morgan fingerprint density at radius 3 is 2.83 bits per heavy atom. The molecule has 66 valence electrons. The molecule has 0 aliphatic heterocycles. The van der Waals surface area contributed by atoms with Gasteiger partial charge in [0.25, 0.3) is 0 Å². The van der Waals surface area contributed by atoms with Gasteiger partial charge in [0, 0.05) is 19.7 Å². The van der Waals surface area contributed by atoms with Crippen molar-refractivity contribution in [2.75, 3.05) is 0 Å². The lowest BCUT2D eigenvalue weighted by Crippen LogP contribution is -1.97. The number of imidazole rings is 1. The number of nitrogens with zero attached hydrogens (tertiary/aromatic N) is 2. The van der Waals surface area contributed by atoms with E-state index >= 15 is 0 Å². The molecule has 0 saturated carbocycles. The summed E-state index contributed by atoms with van der Waals surface area (Å²) in [5, 5.41) is 8.42. The van der Waals surface area contributed by atoms with E-state index in [1.54, 1.807) is 0 Å². The molecule has 4 heteroatoms. The van der Waals surface area contributed by atoms with Gasteiger partial charge in [-0.05, 0) is 6.92 Å². The van der Waals surface area contributed by atoms with Gasteiger partial charge in [-0.25, -0.2) is 4.98 Å². The summed E-state index contributed by atoms with van der Waals surface area (Å²) in [6.45, 7) is 1.89. The molecule has 0 saturated heterocycles. The van der Waals surface area contributed by atoms with Crippen LogP contribution in [0.3, 0.4) is 0 Å². The van der Waals surface area contributed by atoms with Crippen LogP contribution >= 0.6 is 0 Å². The third kappa shape index (κ3) is 2.08. The second-order valence-electron chi connectivity index (χ2n) is 2.78. The Morgan fingerprint density at radius 1 is 1.75 bits per heavy atom. The molecule has 0 fully saturated rings. The van der Waals surface area contributed by atoms with E-state index in [4.69, 9.17) is 5.11 Å². The van der Waals surface area contributed by atoms with Crippen LogP contribution in [0.2, 0.25) is 0 Å². The first-order chi connectivity index (χ1) is 5.59. The van der Waals surface area contributed by atoms with Crippen molar-refractivity contribution in [2.45, 2.75) is 19.8 Å². The molecular formula is C8H12N2O2. The minimum Gasteiger partial charge on any atom is -0.481 e. The second-order valence-corrected chi connectivity index (χ2v) is 2.78. The molecule has 1 rings (SSSR count). The molecule has 0 aliphatic carbocycles. The maximum absolute atomic E-state index is 10.2. The minimum atomic E-state index is -0.779. The van der Waals surface area contributed by atoms with Gasteiger partial charge >= 0.3 is 5.97 Å². The first-order valence-corrected chi connectivity index (χ1v) is 3.80. The Bertz CT molecular complexity index is 272. The van der Waals surface area contributed by atoms with Gasteiger partial charge in [-0.1, -0.05) is 0 Å². The predicted molar refractivity (Wildman–Crippen MR) is 43.9 cm³/mol. The van der Waals surface area contributed by atoms with E-state index in [-0.39, 0.29) is 6.42 Å². The Morgan fingerprint density at radius 2 is 2.42 bits per heavy atom. The predicted octanol–water partition coefficient (Wildman–Crippen LogP) is 0.746. The van der Waals surface area contributed by atoms with E-state index < -0.39 is 5.97 Å². The highest BCUT2D eigenvalue weighted by atomic mass is 16.4. The fourth-order valence-corrected chi connectivity index (χ4v) is 0.988. The van der Waals surface area contributed by atoms with Gasteiger partial charge < -0.3 is 9.67 Å². The van der Waals surface area contributed by atoms with Crippen molar-refractivity contribution in [3.63, 3.8) is 0 Å². The largest absolute Gasteiger partial charge is 0.481 e. The lowest BCUT2D eigenvalue weighted by molar-refractivity contribution is -0.136. The van der Waals surface area contributed by atoms with Gasteiger partial charge in [0.2, 0.25) is 0 Å². The van der Waals surface area contributed by atoms with E-state index in [9.17, 15) is 4.79 Å². The molecule has 1 heterocycles. The van der Waals surface area contributed by atoms with Crippen LogP contribution in [0.4, 0.5) is 0 Å². The number of aliphatic carboxylic acids is 1. The average molecular weight is 168 g/mol. The Labute approximate surface area is 70.9 Å². The Balaban J connectivity index is 2.58. The van der Waals surface area contributed by atoms with Crippen LogP contribution in [0.15, 0.2) is 6.20 Å². The van der Waals surface area contributed by atoms with Crippen LogP contribution in [0.5, 0.6) is 0 Å². The van der Waals surface area contributed by atoms with Crippen LogP contribution in [0.1, 0.15) is 17.9 Å². The van der Waals surface area contributed by atoms with Crippen LogP contribution in [-0.4, -0.2) is 20.6 Å². The summed E-state index contributed by atoms with van der Waals surface area (Å²) in [6.07, 6.45) is 2.52. The van der Waals surface area contributed by atoms with Gasteiger partial charge in [0.15, 0.2) is 0 Å². The fraction of sp³-hybridized carbons (Fsp3) is 0.500. The molecule has 12 heavy (non-hydrogen) atoms. The summed E-state index contributed by atoms with van der Waals surface area (Å²) >= 11 is 0. The molecule has 0 aromatic carbocycles. The van der Waals surface area contributed by atoms with Gasteiger partial charge in [0.05, 0.1) is 12.1 Å². The van der Waals surface area contributed by atoms with Crippen LogP contribution in [0.25, 0.3) is 0 Å². The van der Waals surface area contributed by atoms with Crippen molar-refractivity contribution in [3.8, 4) is 0 Å². The van der Waals surface area contributed by atoms with Crippen LogP contribution in [0, 0.1) is 6.92 Å². The monoisotopic (exact) mass is 168 g/mol. The molecule has 0 bridgehead atoms. The van der Waals surface area contributed by atoms with Crippen molar-refractivity contribution in [2.24, 2.45) is 7.05 Å². The highest BCUT2D eigenvalue weighted by Crippen LogP contribution is 2.02. The number of hydrogen-bond donors (Lipinski definition) is 1. The quantitative estimate of drug-likeness (QED) is 0.724. The van der Waals surface area contributed by atoms with Gasteiger partial charge in [-0.2, -0.15) is 0 Å². The Kier molecular flexibility index (Phi) is 2.47. The summed E-state index contributed by atoms with van der Waals surface area (Å²) in [4.78, 5) is 14.4. The van der Waals surface area contributed by atoms with Crippen molar-refractivity contribution in [1.82, 2.24) is 9.55 Å². The summed E-state index contributed by atoms with van der Waals surface area (Å²) in [5.74, 6) is 0.133. The van der Waals surface area contributed by atoms with Crippen molar-refractivity contribution in [1.29, 1.82) is 0 Å². The van der Waals surface area contributed by atoms with Crippen LogP contribution < -0.4 is 0 Å². The zero-order valence-electron chi connectivity index (χ0n) is 7.24. The third-order valence-corrected chi connectivity index (χ3v) is 1.75. The molecule has 0 atom stereocenters. The van der Waals surface area contributed by atoms with E-state index in [0.717, 1.165) is 11.5 Å². The molecule has 4 nitrogen and oxygen atoms in total. The summed E-state index contributed by atoms with van der Waals surface area (Å²) in [7, 11) is 1.90. The zero-order valence-corrected chi connectivity index (χ0v) is 7.24. The molecule has 0 radical (unpaired) electrons. The number of aromatic nitrogens is 2. The van der Waals surface area contributed by atoms with Crippen molar-refractivity contribution < 1.29 is 9.90 Å². The number of carbonyl (C=O) groups is 1. The molecule has 0 amide bonds. The first-order valence-electron chi connectivity index (χ1n) is 3.80. The van der Waals surface area contributed by atoms with Crippen molar-refractivity contribution >= 4 is 5.97 Å².